The number of nitrogens with one attached hydrogen (secondary N) is 2. The van der Waals surface area contributed by atoms with Crippen LogP contribution >= 0.6 is 23.6 Å². The zero-order valence-corrected chi connectivity index (χ0v) is 16.9. The molecule has 0 spiro atoms. The van der Waals surface area contributed by atoms with Crippen molar-refractivity contribution in [1.82, 2.24) is 4.98 Å². The van der Waals surface area contributed by atoms with Crippen LogP contribution < -0.4 is 15.4 Å². The molecule has 3 aromatic carbocycles. The molecule has 1 heterocycles. The van der Waals surface area contributed by atoms with E-state index in [9.17, 15) is 0 Å². The highest BCUT2D eigenvalue weighted by Crippen LogP contribution is 2.24. The normalized spacial score (nSPS) is 10.6. The molecule has 140 valence electrons. The van der Waals surface area contributed by atoms with Crippen LogP contribution in [0.4, 0.5) is 11.4 Å². The van der Waals surface area contributed by atoms with E-state index in [1.54, 1.807) is 18.4 Å². The Morgan fingerprint density at radius 3 is 2.54 bits per heavy atom. The molecule has 0 saturated carbocycles. The number of aromatic nitrogens is 1. The number of fused-ring (bicyclic) bond motifs is 1. The van der Waals surface area contributed by atoms with E-state index in [2.05, 4.69) is 34.9 Å². The third kappa shape index (κ3) is 4.47. The van der Waals surface area contributed by atoms with Gasteiger partial charge in [0.2, 0.25) is 0 Å². The van der Waals surface area contributed by atoms with Crippen molar-refractivity contribution in [3.8, 4) is 5.75 Å². The molecule has 1 aromatic heterocycles. The monoisotopic (exact) mass is 405 g/mol. The topological polar surface area (TPSA) is 46.2 Å². The van der Waals surface area contributed by atoms with Crippen LogP contribution in [0.25, 0.3) is 10.2 Å². The minimum atomic E-state index is 0.534. The van der Waals surface area contributed by atoms with E-state index in [4.69, 9.17) is 21.9 Å². The summed E-state index contributed by atoms with van der Waals surface area (Å²) in [6.45, 7) is 0. The highest BCUT2D eigenvalue weighted by Gasteiger charge is 2.05. The van der Waals surface area contributed by atoms with Gasteiger partial charge >= 0.3 is 0 Å². The Bertz CT molecular complexity index is 1070. The second kappa shape index (κ2) is 8.37. The van der Waals surface area contributed by atoms with Gasteiger partial charge in [-0.3, -0.25) is 0 Å². The molecule has 0 fully saturated rings. The van der Waals surface area contributed by atoms with Crippen molar-refractivity contribution in [3.63, 3.8) is 0 Å². The molecule has 0 saturated heterocycles. The molecule has 4 nitrogen and oxygen atoms in total. The lowest BCUT2D eigenvalue weighted by Gasteiger charge is -2.11. The fraction of sp³-hybridized carbons (Fsp3) is 0.0909. The van der Waals surface area contributed by atoms with Crippen LogP contribution in [0, 0.1) is 0 Å². The van der Waals surface area contributed by atoms with Crippen LogP contribution in [0.3, 0.4) is 0 Å². The summed E-state index contributed by atoms with van der Waals surface area (Å²) >= 11 is 7.14. The SMILES string of the molecule is COc1cccc(NC(=S)Nc2ccc(Cc3nc4ccccc4s3)cc2)c1. The molecule has 0 unspecified atom stereocenters. The summed E-state index contributed by atoms with van der Waals surface area (Å²) in [5, 5.41) is 8.03. The number of ether oxygens (including phenoxy) is 1. The molecule has 0 bridgehead atoms. The van der Waals surface area contributed by atoms with E-state index in [1.807, 2.05) is 48.5 Å². The predicted octanol–water partition coefficient (Wildman–Crippen LogP) is 5.70. The van der Waals surface area contributed by atoms with Gasteiger partial charge < -0.3 is 15.4 Å². The van der Waals surface area contributed by atoms with Gasteiger partial charge in [0.05, 0.1) is 22.3 Å². The number of benzene rings is 3. The summed E-state index contributed by atoms with van der Waals surface area (Å²) in [6, 6.07) is 24.1. The van der Waals surface area contributed by atoms with Crippen LogP contribution in [0.1, 0.15) is 10.6 Å². The van der Waals surface area contributed by atoms with Crippen molar-refractivity contribution in [2.45, 2.75) is 6.42 Å². The maximum atomic E-state index is 5.40. The Morgan fingerprint density at radius 1 is 0.964 bits per heavy atom. The fourth-order valence-corrected chi connectivity index (χ4v) is 4.11. The summed E-state index contributed by atoms with van der Waals surface area (Å²) in [7, 11) is 1.64. The average molecular weight is 406 g/mol. The van der Waals surface area contributed by atoms with Crippen molar-refractivity contribution < 1.29 is 4.74 Å². The maximum absolute atomic E-state index is 5.40. The Kier molecular flexibility index (Phi) is 5.50. The quantitative estimate of drug-likeness (QED) is 0.417. The molecule has 4 aromatic rings. The Hall–Kier alpha value is -2.96. The van der Waals surface area contributed by atoms with Gasteiger partial charge in [-0.2, -0.15) is 0 Å². The van der Waals surface area contributed by atoms with Crippen molar-refractivity contribution in [2.24, 2.45) is 0 Å². The van der Waals surface area contributed by atoms with Gasteiger partial charge in [0.15, 0.2) is 5.11 Å². The molecule has 0 radical (unpaired) electrons. The predicted molar refractivity (Wildman–Crippen MR) is 122 cm³/mol. The van der Waals surface area contributed by atoms with Crippen molar-refractivity contribution in [3.05, 3.63) is 83.4 Å². The number of nitrogens with zero attached hydrogens (tertiary/aromatic N) is 1. The Balaban J connectivity index is 1.37. The van der Waals surface area contributed by atoms with Gasteiger partial charge in [0.25, 0.3) is 0 Å². The molecule has 0 amide bonds. The second-order valence-corrected chi connectivity index (χ2v) is 7.78. The van der Waals surface area contributed by atoms with Gasteiger partial charge in [-0.25, -0.2) is 4.98 Å². The second-order valence-electron chi connectivity index (χ2n) is 6.26. The van der Waals surface area contributed by atoms with Crippen LogP contribution in [-0.4, -0.2) is 17.2 Å². The third-order valence-corrected chi connectivity index (χ3v) is 5.47. The first-order valence-electron chi connectivity index (χ1n) is 8.85. The van der Waals surface area contributed by atoms with Gasteiger partial charge in [0.1, 0.15) is 5.75 Å². The lowest BCUT2D eigenvalue weighted by atomic mass is 10.1. The number of thiocarbonyl (C=S) groups is 1. The van der Waals surface area contributed by atoms with E-state index in [0.717, 1.165) is 34.1 Å². The highest BCUT2D eigenvalue weighted by molar-refractivity contribution is 7.80. The van der Waals surface area contributed by atoms with Crippen LogP contribution in [-0.2, 0) is 6.42 Å². The van der Waals surface area contributed by atoms with Gasteiger partial charge in [-0.05, 0) is 54.2 Å². The number of rotatable bonds is 5. The van der Waals surface area contributed by atoms with Crippen molar-refractivity contribution in [1.29, 1.82) is 0 Å². The molecule has 0 aliphatic rings. The lowest BCUT2D eigenvalue weighted by molar-refractivity contribution is 0.415. The molecule has 0 aliphatic carbocycles. The van der Waals surface area contributed by atoms with Crippen LogP contribution in [0.2, 0.25) is 0 Å². The number of hydrogen-bond donors (Lipinski definition) is 2. The van der Waals surface area contributed by atoms with E-state index in [1.165, 1.54) is 10.3 Å². The first-order valence-corrected chi connectivity index (χ1v) is 10.1. The number of para-hydroxylation sites is 1. The molecule has 28 heavy (non-hydrogen) atoms. The minimum absolute atomic E-state index is 0.534. The molecular weight excluding hydrogens is 386 g/mol. The summed E-state index contributed by atoms with van der Waals surface area (Å²) in [5.74, 6) is 0.784. The van der Waals surface area contributed by atoms with Crippen molar-refractivity contribution in [2.75, 3.05) is 17.7 Å². The number of anilines is 2. The van der Waals surface area contributed by atoms with Gasteiger partial charge in [0, 0.05) is 23.9 Å². The largest absolute Gasteiger partial charge is 0.497 e. The molecule has 4 rings (SSSR count). The van der Waals surface area contributed by atoms with Crippen LogP contribution in [0.5, 0.6) is 5.75 Å². The molecule has 6 heteroatoms. The van der Waals surface area contributed by atoms with Gasteiger partial charge in [-0.1, -0.05) is 30.3 Å². The first kappa shape index (κ1) is 18.4. The average Bonchev–Trinajstić information content (AvgIpc) is 3.12. The number of thiazole rings is 1. The van der Waals surface area contributed by atoms with Crippen LogP contribution in [0.15, 0.2) is 72.8 Å². The van der Waals surface area contributed by atoms with E-state index in [-0.39, 0.29) is 0 Å². The maximum Gasteiger partial charge on any atom is 0.175 e. The lowest BCUT2D eigenvalue weighted by Crippen LogP contribution is -2.19. The summed E-state index contributed by atoms with van der Waals surface area (Å²) in [6.07, 6.45) is 0.826. The summed E-state index contributed by atoms with van der Waals surface area (Å²) in [5.41, 5.74) is 4.10. The zero-order chi connectivity index (χ0) is 19.3. The minimum Gasteiger partial charge on any atom is -0.497 e. The van der Waals surface area contributed by atoms with E-state index >= 15 is 0 Å². The smallest absolute Gasteiger partial charge is 0.175 e. The molecular formula is C22H19N3OS2. The number of hydrogen-bond acceptors (Lipinski definition) is 4. The molecule has 0 atom stereocenters. The Morgan fingerprint density at radius 2 is 1.75 bits per heavy atom. The standard InChI is InChI=1S/C22H19N3OS2/c1-26-18-6-4-5-17(14-18)24-22(27)23-16-11-9-15(10-12-16)13-21-25-19-7-2-3-8-20(19)28-21/h2-12,14H,13H2,1H3,(H2,23,24,27). The number of methoxy groups -OCH3 is 1. The summed E-state index contributed by atoms with van der Waals surface area (Å²) < 4.78 is 6.45. The summed E-state index contributed by atoms with van der Waals surface area (Å²) in [4.78, 5) is 4.70. The van der Waals surface area contributed by atoms with E-state index < -0.39 is 0 Å². The highest BCUT2D eigenvalue weighted by atomic mass is 32.1. The van der Waals surface area contributed by atoms with Crippen molar-refractivity contribution >= 4 is 50.3 Å². The fourth-order valence-electron chi connectivity index (χ4n) is 2.87. The van der Waals surface area contributed by atoms with E-state index in [0.29, 0.717) is 5.11 Å². The third-order valence-electron chi connectivity index (χ3n) is 4.23. The molecule has 2 N–H and O–H groups in total. The molecule has 0 aliphatic heterocycles. The first-order chi connectivity index (χ1) is 13.7. The Labute approximate surface area is 173 Å². The zero-order valence-electron chi connectivity index (χ0n) is 15.3. The van der Waals surface area contributed by atoms with Gasteiger partial charge in [-0.15, -0.1) is 11.3 Å².